The van der Waals surface area contributed by atoms with Crippen LogP contribution in [0.2, 0.25) is 0 Å². The molecule has 0 N–H and O–H groups in total. The zero-order valence-corrected chi connectivity index (χ0v) is 21.0. The van der Waals surface area contributed by atoms with Gasteiger partial charge in [-0.25, -0.2) is 9.78 Å². The van der Waals surface area contributed by atoms with Gasteiger partial charge in [0.25, 0.3) is 5.91 Å². The predicted molar refractivity (Wildman–Crippen MR) is 134 cm³/mol. The molecule has 0 spiro atoms. The number of nitrogens with zero attached hydrogens (tertiary/aromatic N) is 2. The van der Waals surface area contributed by atoms with Gasteiger partial charge in [0, 0.05) is 0 Å². The lowest BCUT2D eigenvalue weighted by Crippen LogP contribution is -2.29. The van der Waals surface area contributed by atoms with E-state index in [2.05, 4.69) is 4.98 Å². The SMILES string of the molecule is COC(=O)c1sc(N2C(=O)c3oc4ccc(C)cc4c(=O)c3C2c2ccc(OC)c(OC)c2)nc1C. The topological polar surface area (TPSA) is 108 Å². The molecule has 0 radical (unpaired) electrons. The number of fused-ring (bicyclic) bond motifs is 2. The van der Waals surface area contributed by atoms with Crippen molar-refractivity contribution in [1.82, 2.24) is 4.98 Å². The van der Waals surface area contributed by atoms with Crippen molar-refractivity contribution in [3.05, 3.63) is 79.6 Å². The number of esters is 1. The number of methoxy groups -OCH3 is 3. The third-order valence-corrected chi connectivity index (χ3v) is 7.25. The summed E-state index contributed by atoms with van der Waals surface area (Å²) in [5, 5.41) is 0.614. The Hall–Kier alpha value is -4.18. The molecule has 5 rings (SSSR count). The van der Waals surface area contributed by atoms with Gasteiger partial charge in [-0.05, 0) is 43.7 Å². The van der Waals surface area contributed by atoms with Crippen LogP contribution in [0.4, 0.5) is 5.13 Å². The summed E-state index contributed by atoms with van der Waals surface area (Å²) >= 11 is 1.01. The van der Waals surface area contributed by atoms with E-state index < -0.39 is 17.9 Å². The molecule has 4 aromatic rings. The maximum absolute atomic E-state index is 13.8. The summed E-state index contributed by atoms with van der Waals surface area (Å²) in [6.07, 6.45) is 0. The van der Waals surface area contributed by atoms with Crippen LogP contribution in [0.3, 0.4) is 0 Å². The van der Waals surface area contributed by atoms with Crippen LogP contribution in [0.5, 0.6) is 11.5 Å². The fourth-order valence-corrected chi connectivity index (χ4v) is 5.40. The fraction of sp³-hybridized carbons (Fsp3) is 0.231. The highest BCUT2D eigenvalue weighted by atomic mass is 32.1. The van der Waals surface area contributed by atoms with Gasteiger partial charge >= 0.3 is 5.97 Å². The molecule has 10 heteroatoms. The number of anilines is 1. The van der Waals surface area contributed by atoms with Crippen molar-refractivity contribution in [2.24, 2.45) is 0 Å². The normalized spacial score (nSPS) is 14.8. The Labute approximate surface area is 209 Å². The maximum Gasteiger partial charge on any atom is 0.350 e. The van der Waals surface area contributed by atoms with Gasteiger partial charge in [-0.15, -0.1) is 0 Å². The van der Waals surface area contributed by atoms with E-state index in [0.717, 1.165) is 16.9 Å². The second-order valence-corrected chi connectivity index (χ2v) is 9.25. The van der Waals surface area contributed by atoms with Crippen LogP contribution < -0.4 is 19.8 Å². The van der Waals surface area contributed by atoms with Crippen molar-refractivity contribution in [2.45, 2.75) is 19.9 Å². The van der Waals surface area contributed by atoms with E-state index in [-0.39, 0.29) is 26.8 Å². The first kappa shape index (κ1) is 23.6. The van der Waals surface area contributed by atoms with E-state index in [4.69, 9.17) is 18.6 Å². The van der Waals surface area contributed by atoms with Crippen molar-refractivity contribution >= 4 is 39.3 Å². The molecule has 9 nitrogen and oxygen atoms in total. The Balaban J connectivity index is 1.79. The molecular formula is C26H22N2O7S. The molecule has 0 fully saturated rings. The molecule has 3 heterocycles. The van der Waals surface area contributed by atoms with Gasteiger partial charge in [0.1, 0.15) is 10.5 Å². The van der Waals surface area contributed by atoms with Crippen LogP contribution in [-0.4, -0.2) is 38.2 Å². The molecule has 1 aliphatic rings. The zero-order valence-electron chi connectivity index (χ0n) is 20.2. The van der Waals surface area contributed by atoms with Gasteiger partial charge in [0.15, 0.2) is 22.1 Å². The third-order valence-electron chi connectivity index (χ3n) is 6.11. The molecule has 1 atom stereocenters. The largest absolute Gasteiger partial charge is 0.493 e. The van der Waals surface area contributed by atoms with Crippen molar-refractivity contribution < 1.29 is 28.2 Å². The molecule has 2 aromatic carbocycles. The summed E-state index contributed by atoms with van der Waals surface area (Å²) in [7, 11) is 4.30. The van der Waals surface area contributed by atoms with E-state index in [1.54, 1.807) is 37.3 Å². The van der Waals surface area contributed by atoms with Gasteiger partial charge in [-0.3, -0.25) is 14.5 Å². The van der Waals surface area contributed by atoms with E-state index in [1.165, 1.54) is 26.2 Å². The molecule has 0 saturated carbocycles. The number of amides is 1. The number of benzene rings is 2. The highest BCUT2D eigenvalue weighted by Crippen LogP contribution is 2.44. The number of hydrogen-bond acceptors (Lipinski definition) is 9. The maximum atomic E-state index is 13.8. The Morgan fingerprint density at radius 2 is 1.78 bits per heavy atom. The summed E-state index contributed by atoms with van der Waals surface area (Å²) in [6, 6.07) is 9.52. The van der Waals surface area contributed by atoms with Crippen molar-refractivity contribution in [3.63, 3.8) is 0 Å². The van der Waals surface area contributed by atoms with Crippen LogP contribution in [0.1, 0.15) is 48.7 Å². The first-order chi connectivity index (χ1) is 17.3. The minimum absolute atomic E-state index is 0.0661. The average molecular weight is 507 g/mol. The number of carbonyl (C=O) groups is 2. The molecule has 184 valence electrons. The lowest BCUT2D eigenvalue weighted by molar-refractivity contribution is 0.0605. The summed E-state index contributed by atoms with van der Waals surface area (Å²) in [6.45, 7) is 3.54. The summed E-state index contributed by atoms with van der Waals surface area (Å²) in [4.78, 5) is 46.0. The number of aromatic nitrogens is 1. The van der Waals surface area contributed by atoms with Crippen LogP contribution in [0.15, 0.2) is 45.6 Å². The molecule has 1 unspecified atom stereocenters. The fourth-order valence-electron chi connectivity index (χ4n) is 4.39. The van der Waals surface area contributed by atoms with Gasteiger partial charge in [0.2, 0.25) is 5.76 Å². The predicted octanol–water partition coefficient (Wildman–Crippen LogP) is 4.42. The highest BCUT2D eigenvalue weighted by Gasteiger charge is 2.45. The molecule has 0 aliphatic carbocycles. The van der Waals surface area contributed by atoms with Crippen LogP contribution in [-0.2, 0) is 4.74 Å². The van der Waals surface area contributed by atoms with E-state index in [1.807, 2.05) is 13.0 Å². The second kappa shape index (κ2) is 8.80. The van der Waals surface area contributed by atoms with Gasteiger partial charge in [0.05, 0.1) is 44.0 Å². The molecule has 0 saturated heterocycles. The quantitative estimate of drug-likeness (QED) is 0.366. The van der Waals surface area contributed by atoms with Crippen molar-refractivity contribution in [3.8, 4) is 11.5 Å². The van der Waals surface area contributed by atoms with Gasteiger partial charge < -0.3 is 18.6 Å². The Bertz CT molecular complexity index is 1600. The molecular weight excluding hydrogens is 484 g/mol. The average Bonchev–Trinajstić information content (AvgIpc) is 3.40. The Morgan fingerprint density at radius 3 is 2.47 bits per heavy atom. The first-order valence-electron chi connectivity index (χ1n) is 11.0. The third kappa shape index (κ3) is 3.53. The molecule has 36 heavy (non-hydrogen) atoms. The number of thiazole rings is 1. The molecule has 0 bridgehead atoms. The summed E-state index contributed by atoms with van der Waals surface area (Å²) in [5.74, 6) is -0.226. The zero-order chi connectivity index (χ0) is 25.7. The standard InChI is InChI=1S/C26H22N2O7S/c1-12-6-8-16-15(10-12)21(29)19-20(14-7-9-17(32-3)18(11-14)33-4)28(24(30)22(19)35-16)26-27-13(2)23(36-26)25(31)34-5/h6-11,20H,1-5H3. The monoisotopic (exact) mass is 506 g/mol. The lowest BCUT2D eigenvalue weighted by atomic mass is 9.98. The minimum atomic E-state index is -0.871. The number of hydrogen-bond donors (Lipinski definition) is 0. The Kier molecular flexibility index (Phi) is 5.76. The van der Waals surface area contributed by atoms with Crippen LogP contribution in [0.25, 0.3) is 11.0 Å². The van der Waals surface area contributed by atoms with Crippen molar-refractivity contribution in [2.75, 3.05) is 26.2 Å². The lowest BCUT2D eigenvalue weighted by Gasteiger charge is -2.23. The van der Waals surface area contributed by atoms with E-state index in [9.17, 15) is 14.4 Å². The Morgan fingerprint density at radius 1 is 1.03 bits per heavy atom. The van der Waals surface area contributed by atoms with Crippen LogP contribution >= 0.6 is 11.3 Å². The van der Waals surface area contributed by atoms with Crippen LogP contribution in [0, 0.1) is 13.8 Å². The van der Waals surface area contributed by atoms with E-state index in [0.29, 0.717) is 33.7 Å². The minimum Gasteiger partial charge on any atom is -0.493 e. The number of aryl methyl sites for hydroxylation is 2. The first-order valence-corrected chi connectivity index (χ1v) is 11.8. The van der Waals surface area contributed by atoms with Gasteiger partial charge in [-0.2, -0.15) is 0 Å². The van der Waals surface area contributed by atoms with Crippen molar-refractivity contribution in [1.29, 1.82) is 0 Å². The number of carbonyl (C=O) groups excluding carboxylic acids is 2. The highest BCUT2D eigenvalue weighted by molar-refractivity contribution is 7.17. The molecule has 2 aromatic heterocycles. The summed E-state index contributed by atoms with van der Waals surface area (Å²) < 4.78 is 21.7. The number of ether oxygens (including phenoxy) is 3. The molecule has 1 amide bonds. The second-order valence-electron chi connectivity index (χ2n) is 8.27. The molecule has 1 aliphatic heterocycles. The number of rotatable bonds is 5. The smallest absolute Gasteiger partial charge is 0.350 e. The summed E-state index contributed by atoms with van der Waals surface area (Å²) in [5.41, 5.74) is 2.08. The van der Waals surface area contributed by atoms with Gasteiger partial charge in [-0.1, -0.05) is 29.0 Å². The van der Waals surface area contributed by atoms with E-state index >= 15 is 0 Å².